The minimum Gasteiger partial charge on any atom is -0.0630 e. The highest BCUT2D eigenvalue weighted by molar-refractivity contribution is 4.93. The van der Waals surface area contributed by atoms with Gasteiger partial charge < -0.3 is 0 Å². The minimum absolute atomic E-state index is 0.833. The number of hydrogen-bond donors (Lipinski definition) is 0. The van der Waals surface area contributed by atoms with Gasteiger partial charge in [-0.3, -0.25) is 0 Å². The quantitative estimate of drug-likeness (QED) is 0.227. The second-order valence-electron chi connectivity index (χ2n) is 39.9. The molecule has 0 aliphatic heterocycles. The SMILES string of the molecule is C1CCC2(C1)CCCC2.C1CCC2(C1)CCCC2.C1CCC2(C1)CCCC2.C1CCC2(C1)CCCC2.C1CCC2(CC1)CCC2.C1CCC2(CC1)CCC2.C1CCC2(CC1)CCCC2.CC(C)C.CC(C)C.CC(C)C.CC(C)C.CC(C)C.CC(C)C.CC(C)C. The molecule has 0 nitrogen and oxygen atoms in total. The van der Waals surface area contributed by atoms with Crippen molar-refractivity contribution in [2.75, 3.05) is 0 Å². The van der Waals surface area contributed by atoms with Crippen LogP contribution in [0.15, 0.2) is 0 Å². The van der Waals surface area contributed by atoms with Crippen LogP contribution in [0, 0.1) is 79.3 Å². The highest BCUT2D eigenvalue weighted by Gasteiger charge is 2.41. The summed E-state index contributed by atoms with van der Waals surface area (Å²) >= 11 is 0. The van der Waals surface area contributed by atoms with Crippen LogP contribution in [0.5, 0.6) is 0 Å². The molecular formula is C92H184. The maximum Gasteiger partial charge on any atom is -0.0297 e. The van der Waals surface area contributed by atoms with E-state index in [1.54, 1.807) is 180 Å². The van der Waals surface area contributed by atoms with Crippen molar-refractivity contribution in [3.05, 3.63) is 0 Å². The molecule has 14 aliphatic rings. The second kappa shape index (κ2) is 51.2. The van der Waals surface area contributed by atoms with Gasteiger partial charge in [0, 0.05) is 0 Å². The Hall–Kier alpha value is 0. The third-order valence-electron chi connectivity index (χ3n) is 23.5. The number of rotatable bonds is 0. The maximum absolute atomic E-state index is 2.17. The third kappa shape index (κ3) is 44.2. The molecule has 0 aromatic rings. The van der Waals surface area contributed by atoms with Gasteiger partial charge in [0.25, 0.3) is 0 Å². The summed E-state index contributed by atoms with van der Waals surface area (Å²) in [6.45, 7) is 45.5. The van der Waals surface area contributed by atoms with E-state index < -0.39 is 0 Å². The first-order valence-corrected chi connectivity index (χ1v) is 43.5. The lowest BCUT2D eigenvalue weighted by molar-refractivity contribution is 0.0774. The van der Waals surface area contributed by atoms with E-state index in [1.165, 1.54) is 186 Å². The first-order valence-electron chi connectivity index (χ1n) is 43.5. The van der Waals surface area contributed by atoms with Gasteiger partial charge in [0.15, 0.2) is 0 Å². The Morgan fingerprint density at radius 3 is 0.207 bits per heavy atom. The topological polar surface area (TPSA) is 0 Å². The molecule has 0 heteroatoms. The largest absolute Gasteiger partial charge is 0.0630 e. The molecule has 14 saturated carbocycles. The average molecular weight is 1290 g/mol. The van der Waals surface area contributed by atoms with E-state index in [0.29, 0.717) is 0 Å². The van der Waals surface area contributed by atoms with Crippen LogP contribution in [-0.2, 0) is 0 Å². The molecule has 0 N–H and O–H groups in total. The highest BCUT2D eigenvalue weighted by atomic mass is 14.5. The molecular weight excluding hydrogens is 1110 g/mol. The Kier molecular flexibility index (Phi) is 50.1. The molecule has 7 spiro atoms. The number of hydrogen-bond acceptors (Lipinski definition) is 0. The van der Waals surface area contributed by atoms with E-state index in [2.05, 4.69) is 145 Å². The van der Waals surface area contributed by atoms with Crippen molar-refractivity contribution in [3.8, 4) is 0 Å². The van der Waals surface area contributed by atoms with E-state index in [1.807, 2.05) is 0 Å². The Morgan fingerprint density at radius 1 is 0.0978 bits per heavy atom. The fourth-order valence-corrected chi connectivity index (χ4v) is 18.9. The molecule has 0 unspecified atom stereocenters. The average Bonchev–Trinajstić information content (AvgIpc) is 1.64. The summed E-state index contributed by atoms with van der Waals surface area (Å²) in [6, 6.07) is 0. The van der Waals surface area contributed by atoms with Gasteiger partial charge >= 0.3 is 0 Å². The summed E-state index contributed by atoms with van der Waals surface area (Å²) in [5.41, 5.74) is 6.23. The predicted molar refractivity (Wildman–Crippen MR) is 424 cm³/mol. The van der Waals surface area contributed by atoms with Crippen molar-refractivity contribution in [1.82, 2.24) is 0 Å². The molecule has 0 saturated heterocycles. The molecule has 92 heavy (non-hydrogen) atoms. The van der Waals surface area contributed by atoms with Crippen LogP contribution in [-0.4, -0.2) is 0 Å². The molecule has 0 aromatic carbocycles. The smallest absolute Gasteiger partial charge is 0.0297 e. The van der Waals surface area contributed by atoms with E-state index in [9.17, 15) is 0 Å². The van der Waals surface area contributed by atoms with Crippen molar-refractivity contribution >= 4 is 0 Å². The van der Waals surface area contributed by atoms with Crippen LogP contribution < -0.4 is 0 Å². The summed E-state index contributed by atoms with van der Waals surface area (Å²) in [5, 5.41) is 0. The maximum atomic E-state index is 2.17. The standard InChI is InChI=1S/C10H18.6C9H16.7C4H10/c1-2-6-10(7-3-1)8-4-5-9-10;4*1-2-6-9(5-1)7-3-4-8-9;2*1-2-5-9(6-3-1)7-4-8-9;7*1-4(2)3/h1-9H2;6*1-8H2;7*4H,1-3H3. The monoisotopic (exact) mass is 1290 g/mol. The van der Waals surface area contributed by atoms with E-state index in [-0.39, 0.29) is 0 Å². The molecule has 0 aromatic heterocycles. The fourth-order valence-electron chi connectivity index (χ4n) is 18.9. The first-order chi connectivity index (χ1) is 43.5. The molecule has 14 rings (SSSR count). The van der Waals surface area contributed by atoms with Gasteiger partial charge in [-0.05, 0) is 259 Å². The molecule has 0 heterocycles. The molecule has 552 valence electrons. The van der Waals surface area contributed by atoms with Gasteiger partial charge in [0.05, 0.1) is 0 Å². The van der Waals surface area contributed by atoms with Crippen LogP contribution in [0.1, 0.15) is 511 Å². The van der Waals surface area contributed by atoms with E-state index >= 15 is 0 Å². The summed E-state index contributed by atoms with van der Waals surface area (Å²) in [7, 11) is 0. The van der Waals surface area contributed by atoms with Gasteiger partial charge in [-0.1, -0.05) is 332 Å². The van der Waals surface area contributed by atoms with Crippen molar-refractivity contribution in [1.29, 1.82) is 0 Å². The normalized spacial score (nSPS) is 24.9. The van der Waals surface area contributed by atoms with Gasteiger partial charge in [-0.15, -0.1) is 0 Å². The van der Waals surface area contributed by atoms with Crippen molar-refractivity contribution < 1.29 is 0 Å². The molecule has 0 atom stereocenters. The fraction of sp³-hybridized carbons (Fsp3) is 1.00. The zero-order chi connectivity index (χ0) is 68.8. The third-order valence-corrected chi connectivity index (χ3v) is 23.5. The lowest BCUT2D eigenvalue weighted by atomic mass is 9.61. The molecule has 0 bridgehead atoms. The zero-order valence-electron chi connectivity index (χ0n) is 68.8. The van der Waals surface area contributed by atoms with Gasteiger partial charge in [0.1, 0.15) is 0 Å². The van der Waals surface area contributed by atoms with Crippen LogP contribution in [0.4, 0.5) is 0 Å². The van der Waals surface area contributed by atoms with Crippen molar-refractivity contribution in [3.63, 3.8) is 0 Å². The second-order valence-corrected chi connectivity index (χ2v) is 39.9. The zero-order valence-corrected chi connectivity index (χ0v) is 68.8. The molecule has 14 aliphatic carbocycles. The molecule has 0 radical (unpaired) electrons. The van der Waals surface area contributed by atoms with Crippen molar-refractivity contribution in [2.45, 2.75) is 511 Å². The molecule has 0 amide bonds. The van der Waals surface area contributed by atoms with E-state index in [4.69, 9.17) is 0 Å². The highest BCUT2D eigenvalue weighted by Crippen LogP contribution is 2.55. The first kappa shape index (κ1) is 90.0. The lowest BCUT2D eigenvalue weighted by Crippen LogP contribution is -2.31. The van der Waals surface area contributed by atoms with Crippen molar-refractivity contribution in [2.24, 2.45) is 79.3 Å². The Morgan fingerprint density at radius 2 is 0.152 bits per heavy atom. The summed E-state index contributed by atoms with van der Waals surface area (Å²) < 4.78 is 0. The van der Waals surface area contributed by atoms with E-state index in [0.717, 1.165) is 79.3 Å². The van der Waals surface area contributed by atoms with Gasteiger partial charge in [-0.25, -0.2) is 0 Å². The Labute approximate surface area is 587 Å². The Bertz CT molecular complexity index is 1260. The summed E-state index contributed by atoms with van der Waals surface area (Å²) in [4.78, 5) is 0. The van der Waals surface area contributed by atoms with Gasteiger partial charge in [-0.2, -0.15) is 0 Å². The predicted octanol–water partition coefficient (Wildman–Crippen LogP) is 33.9. The van der Waals surface area contributed by atoms with Gasteiger partial charge in [0.2, 0.25) is 0 Å². The van der Waals surface area contributed by atoms with Crippen LogP contribution in [0.25, 0.3) is 0 Å². The Balaban J connectivity index is 0.000000504. The summed E-state index contributed by atoms with van der Waals surface area (Å²) in [6.07, 6.45) is 88.0. The lowest BCUT2D eigenvalue weighted by Gasteiger charge is -2.45. The molecule has 14 fully saturated rings. The minimum atomic E-state index is 0.833. The van der Waals surface area contributed by atoms with Crippen LogP contribution in [0.2, 0.25) is 0 Å². The van der Waals surface area contributed by atoms with Crippen LogP contribution in [0.3, 0.4) is 0 Å². The van der Waals surface area contributed by atoms with Crippen LogP contribution >= 0.6 is 0 Å². The summed E-state index contributed by atoms with van der Waals surface area (Å²) in [5.74, 6) is 5.83.